The monoisotopic (exact) mass is 396 g/mol. The van der Waals surface area contributed by atoms with Crippen LogP contribution < -0.4 is 10.5 Å². The second-order valence-corrected chi connectivity index (χ2v) is 8.19. The number of hydrogen-bond acceptors (Lipinski definition) is 7. The largest absolute Gasteiger partial charge is 0.494 e. The summed E-state index contributed by atoms with van der Waals surface area (Å²) < 4.78 is 12.6. The van der Waals surface area contributed by atoms with Gasteiger partial charge in [-0.1, -0.05) is 6.07 Å². The van der Waals surface area contributed by atoms with E-state index in [2.05, 4.69) is 9.88 Å². The maximum absolute atomic E-state index is 6.21. The van der Waals surface area contributed by atoms with Gasteiger partial charge in [-0.15, -0.1) is 5.10 Å². The molecular formula is C21H28N6O2. The third-order valence-corrected chi connectivity index (χ3v) is 6.25. The molecule has 8 nitrogen and oxygen atoms in total. The summed E-state index contributed by atoms with van der Waals surface area (Å²) in [5.74, 6) is 2.97. The summed E-state index contributed by atoms with van der Waals surface area (Å²) in [4.78, 5) is 12.0. The minimum atomic E-state index is 0.323. The Balaban J connectivity index is 1.44. The first-order chi connectivity index (χ1) is 14.2. The van der Waals surface area contributed by atoms with E-state index < -0.39 is 0 Å². The number of nitrogens with zero attached hydrogens (tertiary/aromatic N) is 5. The highest BCUT2D eigenvalue weighted by Crippen LogP contribution is 2.31. The van der Waals surface area contributed by atoms with Crippen LogP contribution in [0.5, 0.6) is 5.75 Å². The molecule has 0 bridgehead atoms. The van der Waals surface area contributed by atoms with Crippen molar-refractivity contribution in [3.8, 4) is 5.75 Å². The van der Waals surface area contributed by atoms with Crippen LogP contribution in [0.1, 0.15) is 37.4 Å². The van der Waals surface area contributed by atoms with E-state index in [9.17, 15) is 0 Å². The standard InChI is InChI=1S/C21H28N6O2/c1-28-17-6-2-5-16-18(17)23-21(22)27-20(16)24-19(25-27)15-4-3-9-26(13-15)12-14-7-10-29-11-8-14/h2,5-6,14-15H,3-4,7-13H2,1H3,(H2,22,23). The number of likely N-dealkylation sites (tertiary alicyclic amines) is 1. The normalized spacial score (nSPS) is 21.8. The molecule has 1 unspecified atom stereocenters. The quantitative estimate of drug-likeness (QED) is 0.724. The molecular weight excluding hydrogens is 368 g/mol. The van der Waals surface area contributed by atoms with Crippen LogP contribution in [0.4, 0.5) is 5.95 Å². The Morgan fingerprint density at radius 1 is 1.21 bits per heavy atom. The lowest BCUT2D eigenvalue weighted by Crippen LogP contribution is -2.39. The molecule has 3 aromatic rings. The van der Waals surface area contributed by atoms with E-state index in [1.54, 1.807) is 11.6 Å². The first-order valence-corrected chi connectivity index (χ1v) is 10.5. The van der Waals surface area contributed by atoms with Crippen LogP contribution in [-0.2, 0) is 4.74 Å². The minimum absolute atomic E-state index is 0.323. The lowest BCUT2D eigenvalue weighted by molar-refractivity contribution is 0.0480. The zero-order valence-corrected chi connectivity index (χ0v) is 16.9. The maximum atomic E-state index is 6.21. The fraction of sp³-hybridized carbons (Fsp3) is 0.571. The van der Waals surface area contributed by atoms with E-state index in [0.717, 1.165) is 67.6 Å². The van der Waals surface area contributed by atoms with Gasteiger partial charge in [0.05, 0.1) is 7.11 Å². The van der Waals surface area contributed by atoms with Crippen molar-refractivity contribution in [2.75, 3.05) is 45.7 Å². The van der Waals surface area contributed by atoms with Crippen molar-refractivity contribution in [3.63, 3.8) is 0 Å². The van der Waals surface area contributed by atoms with Crippen molar-refractivity contribution in [1.82, 2.24) is 24.5 Å². The number of rotatable bonds is 4. The van der Waals surface area contributed by atoms with Gasteiger partial charge in [-0.05, 0) is 50.3 Å². The summed E-state index contributed by atoms with van der Waals surface area (Å²) in [6, 6.07) is 5.83. The fourth-order valence-electron chi connectivity index (χ4n) is 4.71. The molecule has 2 aliphatic rings. The number of para-hydroxylation sites is 1. The summed E-state index contributed by atoms with van der Waals surface area (Å²) in [6.45, 7) is 5.11. The second kappa shape index (κ2) is 7.76. The van der Waals surface area contributed by atoms with Gasteiger partial charge in [-0.2, -0.15) is 4.52 Å². The highest BCUT2D eigenvalue weighted by molar-refractivity contribution is 5.95. The third-order valence-electron chi connectivity index (χ3n) is 6.25. The Bertz CT molecular complexity index is 1010. The number of piperidine rings is 1. The molecule has 29 heavy (non-hydrogen) atoms. The molecule has 0 spiro atoms. The van der Waals surface area contributed by atoms with E-state index in [-0.39, 0.29) is 0 Å². The van der Waals surface area contributed by atoms with Gasteiger partial charge in [-0.3, -0.25) is 0 Å². The van der Waals surface area contributed by atoms with Gasteiger partial charge in [0.1, 0.15) is 11.3 Å². The Kier molecular flexibility index (Phi) is 4.97. The summed E-state index contributed by atoms with van der Waals surface area (Å²) in [7, 11) is 1.64. The number of anilines is 1. The van der Waals surface area contributed by atoms with Crippen molar-refractivity contribution in [1.29, 1.82) is 0 Å². The zero-order valence-electron chi connectivity index (χ0n) is 16.9. The molecule has 0 radical (unpaired) electrons. The van der Waals surface area contributed by atoms with Crippen LogP contribution in [0, 0.1) is 5.92 Å². The van der Waals surface area contributed by atoms with E-state index in [1.807, 2.05) is 18.2 Å². The molecule has 0 saturated carbocycles. The number of aromatic nitrogens is 4. The molecule has 5 rings (SSSR count). The number of ether oxygens (including phenoxy) is 2. The molecule has 2 saturated heterocycles. The van der Waals surface area contributed by atoms with Crippen LogP contribution in [-0.4, -0.2) is 64.4 Å². The van der Waals surface area contributed by atoms with Crippen molar-refractivity contribution in [2.45, 2.75) is 31.6 Å². The predicted octanol–water partition coefficient (Wildman–Crippen LogP) is 2.47. The maximum Gasteiger partial charge on any atom is 0.223 e. The second-order valence-electron chi connectivity index (χ2n) is 8.19. The third kappa shape index (κ3) is 3.51. The fourth-order valence-corrected chi connectivity index (χ4v) is 4.71. The summed E-state index contributed by atoms with van der Waals surface area (Å²) >= 11 is 0. The molecule has 0 amide bonds. The van der Waals surface area contributed by atoms with Gasteiger partial charge in [0.15, 0.2) is 11.5 Å². The van der Waals surface area contributed by atoms with Gasteiger partial charge < -0.3 is 20.1 Å². The molecule has 1 atom stereocenters. The lowest BCUT2D eigenvalue weighted by Gasteiger charge is -2.35. The van der Waals surface area contributed by atoms with Crippen LogP contribution in [0.3, 0.4) is 0 Å². The van der Waals surface area contributed by atoms with Crippen LogP contribution >= 0.6 is 0 Å². The van der Waals surface area contributed by atoms with Gasteiger partial charge in [0, 0.05) is 37.6 Å². The minimum Gasteiger partial charge on any atom is -0.494 e. The van der Waals surface area contributed by atoms with E-state index in [1.165, 1.54) is 19.3 Å². The highest BCUT2D eigenvalue weighted by Gasteiger charge is 2.27. The van der Waals surface area contributed by atoms with Gasteiger partial charge >= 0.3 is 0 Å². The topological polar surface area (TPSA) is 90.8 Å². The van der Waals surface area contributed by atoms with Gasteiger partial charge in [-0.25, -0.2) is 9.97 Å². The molecule has 2 aromatic heterocycles. The van der Waals surface area contributed by atoms with Crippen molar-refractivity contribution >= 4 is 22.5 Å². The van der Waals surface area contributed by atoms with Gasteiger partial charge in [0.2, 0.25) is 5.95 Å². The lowest BCUT2D eigenvalue weighted by atomic mass is 9.94. The first-order valence-electron chi connectivity index (χ1n) is 10.5. The number of methoxy groups -OCH3 is 1. The Hall–Kier alpha value is -2.45. The van der Waals surface area contributed by atoms with Crippen molar-refractivity contribution in [2.24, 2.45) is 5.92 Å². The van der Waals surface area contributed by atoms with E-state index >= 15 is 0 Å². The first kappa shape index (κ1) is 18.6. The zero-order chi connectivity index (χ0) is 19.8. The highest BCUT2D eigenvalue weighted by atomic mass is 16.5. The molecule has 2 aliphatic heterocycles. The molecule has 2 fully saturated rings. The number of nitrogen functional groups attached to an aromatic ring is 1. The van der Waals surface area contributed by atoms with E-state index in [4.69, 9.17) is 25.3 Å². The summed E-state index contributed by atoms with van der Waals surface area (Å²) in [6.07, 6.45) is 4.62. The Labute approximate surface area is 170 Å². The summed E-state index contributed by atoms with van der Waals surface area (Å²) in [5, 5.41) is 5.66. The number of hydrogen-bond donors (Lipinski definition) is 1. The SMILES string of the molecule is COc1cccc2c1nc(N)n1nc(C3CCCN(CC4CCOCC4)C3)nc21. The van der Waals surface area contributed by atoms with Crippen molar-refractivity contribution in [3.05, 3.63) is 24.0 Å². The van der Waals surface area contributed by atoms with Gasteiger partial charge in [0.25, 0.3) is 0 Å². The molecule has 8 heteroatoms. The molecule has 154 valence electrons. The molecule has 4 heterocycles. The number of nitrogens with two attached hydrogens (primary N) is 1. The Morgan fingerprint density at radius 3 is 2.90 bits per heavy atom. The van der Waals surface area contributed by atoms with E-state index in [0.29, 0.717) is 17.6 Å². The van der Waals surface area contributed by atoms with Crippen molar-refractivity contribution < 1.29 is 9.47 Å². The molecule has 2 N–H and O–H groups in total. The van der Waals surface area contributed by atoms with Crippen LogP contribution in [0.2, 0.25) is 0 Å². The van der Waals surface area contributed by atoms with Crippen LogP contribution in [0.25, 0.3) is 16.6 Å². The molecule has 0 aliphatic carbocycles. The number of fused-ring (bicyclic) bond motifs is 3. The number of benzene rings is 1. The predicted molar refractivity (Wildman–Crippen MR) is 111 cm³/mol. The average molecular weight is 396 g/mol. The smallest absolute Gasteiger partial charge is 0.223 e. The molecule has 1 aromatic carbocycles. The van der Waals surface area contributed by atoms with Crippen LogP contribution in [0.15, 0.2) is 18.2 Å². The Morgan fingerprint density at radius 2 is 2.07 bits per heavy atom. The summed E-state index contributed by atoms with van der Waals surface area (Å²) in [5.41, 5.74) is 7.69. The average Bonchev–Trinajstić information content (AvgIpc) is 3.21.